The van der Waals surface area contributed by atoms with Crippen LogP contribution in [0.1, 0.15) is 39.8 Å². The maximum atomic E-state index is 13.4. The Hall–Kier alpha value is -2.97. The van der Waals surface area contributed by atoms with Crippen LogP contribution in [-0.2, 0) is 27.7 Å². The van der Waals surface area contributed by atoms with E-state index in [2.05, 4.69) is 5.10 Å². The van der Waals surface area contributed by atoms with Gasteiger partial charge in [0.25, 0.3) is 0 Å². The molecule has 0 atom stereocenters. The molecule has 0 unspecified atom stereocenters. The Balaban J connectivity index is 1.77. The third kappa shape index (κ3) is 3.88. The number of benzene rings is 2. The Labute approximate surface area is 182 Å². The summed E-state index contributed by atoms with van der Waals surface area (Å²) >= 11 is 0. The highest BCUT2D eigenvalue weighted by atomic mass is 32.2. The van der Waals surface area contributed by atoms with Crippen molar-refractivity contribution in [2.75, 3.05) is 13.2 Å². The first kappa shape index (κ1) is 21.3. The van der Waals surface area contributed by atoms with Gasteiger partial charge >= 0.3 is 5.97 Å². The zero-order valence-corrected chi connectivity index (χ0v) is 18.6. The molecule has 0 N–H and O–H groups in total. The van der Waals surface area contributed by atoms with Gasteiger partial charge in [-0.3, -0.25) is 0 Å². The van der Waals surface area contributed by atoms with Gasteiger partial charge in [0.1, 0.15) is 0 Å². The number of ether oxygens (including phenoxy) is 1. The van der Waals surface area contributed by atoms with Crippen molar-refractivity contribution in [3.63, 3.8) is 0 Å². The number of carbonyl (C=O) groups excluding carboxylic acids is 1. The summed E-state index contributed by atoms with van der Waals surface area (Å²) in [5.74, 6) is -0.542. The molecule has 31 heavy (non-hydrogen) atoms. The van der Waals surface area contributed by atoms with Gasteiger partial charge in [-0.1, -0.05) is 35.9 Å². The fourth-order valence-electron chi connectivity index (χ4n) is 3.97. The number of hydrogen-bond donors (Lipinski definition) is 0. The molecule has 0 amide bonds. The van der Waals surface area contributed by atoms with E-state index in [0.717, 1.165) is 16.9 Å². The van der Waals surface area contributed by atoms with E-state index in [9.17, 15) is 13.2 Å². The number of nitrogens with zero attached hydrogens (tertiary/aromatic N) is 3. The van der Waals surface area contributed by atoms with Crippen LogP contribution in [0, 0.1) is 13.8 Å². The van der Waals surface area contributed by atoms with E-state index in [1.807, 2.05) is 43.3 Å². The van der Waals surface area contributed by atoms with Crippen molar-refractivity contribution in [2.45, 2.75) is 38.6 Å². The van der Waals surface area contributed by atoms with E-state index in [4.69, 9.17) is 4.74 Å². The average molecular weight is 440 g/mol. The lowest BCUT2D eigenvalue weighted by atomic mass is 10.1. The van der Waals surface area contributed by atoms with Crippen LogP contribution in [0.15, 0.2) is 53.4 Å². The number of esters is 1. The minimum Gasteiger partial charge on any atom is -0.461 e. The zero-order valence-electron chi connectivity index (χ0n) is 17.8. The molecule has 0 saturated heterocycles. The van der Waals surface area contributed by atoms with E-state index >= 15 is 0 Å². The molecule has 0 fully saturated rings. The summed E-state index contributed by atoms with van der Waals surface area (Å²) in [6, 6.07) is 14.8. The number of aromatic nitrogens is 2. The van der Waals surface area contributed by atoms with E-state index < -0.39 is 16.0 Å². The van der Waals surface area contributed by atoms with Crippen LogP contribution in [-0.4, -0.2) is 41.6 Å². The van der Waals surface area contributed by atoms with E-state index in [-0.39, 0.29) is 23.7 Å². The molecule has 4 rings (SSSR count). The fourth-order valence-corrected chi connectivity index (χ4v) is 5.59. The fraction of sp³-hybridized carbons (Fsp3) is 0.304. The molecule has 2 heterocycles. The van der Waals surface area contributed by atoms with Gasteiger partial charge in [0.05, 0.1) is 22.9 Å². The largest absolute Gasteiger partial charge is 0.461 e. The van der Waals surface area contributed by atoms with Crippen molar-refractivity contribution in [1.82, 2.24) is 14.1 Å². The van der Waals surface area contributed by atoms with Gasteiger partial charge in [-0.15, -0.1) is 0 Å². The predicted octanol–water partition coefficient (Wildman–Crippen LogP) is 3.41. The molecule has 1 aliphatic heterocycles. The monoisotopic (exact) mass is 439 g/mol. The molecule has 162 valence electrons. The highest BCUT2D eigenvalue weighted by Crippen LogP contribution is 2.30. The quantitative estimate of drug-likeness (QED) is 0.569. The summed E-state index contributed by atoms with van der Waals surface area (Å²) in [5.41, 5.74) is 4.13. The summed E-state index contributed by atoms with van der Waals surface area (Å²) < 4.78 is 35.1. The number of sulfonamides is 1. The molecule has 3 aromatic rings. The van der Waals surface area contributed by atoms with Gasteiger partial charge in [0, 0.05) is 25.1 Å². The molecule has 2 aromatic carbocycles. The van der Waals surface area contributed by atoms with Gasteiger partial charge in [-0.2, -0.15) is 9.40 Å². The summed E-state index contributed by atoms with van der Waals surface area (Å²) in [7, 11) is -3.72. The Morgan fingerprint density at radius 3 is 2.55 bits per heavy atom. The number of para-hydroxylation sites is 1. The smallest absolute Gasteiger partial charge is 0.359 e. The first-order chi connectivity index (χ1) is 14.8. The van der Waals surface area contributed by atoms with Gasteiger partial charge in [0.2, 0.25) is 10.0 Å². The lowest BCUT2D eigenvalue weighted by Gasteiger charge is -2.27. The van der Waals surface area contributed by atoms with Crippen LogP contribution in [0.4, 0.5) is 0 Å². The minimum atomic E-state index is -3.72. The Morgan fingerprint density at radius 1 is 1.13 bits per heavy atom. The lowest BCUT2D eigenvalue weighted by molar-refractivity contribution is 0.0517. The molecule has 0 spiro atoms. The van der Waals surface area contributed by atoms with Crippen molar-refractivity contribution in [1.29, 1.82) is 0 Å². The van der Waals surface area contributed by atoms with Crippen molar-refractivity contribution in [3.8, 4) is 5.69 Å². The number of aryl methyl sites for hydroxylation is 2. The molecule has 0 bridgehead atoms. The third-order valence-corrected chi connectivity index (χ3v) is 7.45. The molecule has 0 saturated carbocycles. The summed E-state index contributed by atoms with van der Waals surface area (Å²) in [6.07, 6.45) is 0.445. The minimum absolute atomic E-state index is 0.0754. The summed E-state index contributed by atoms with van der Waals surface area (Å²) in [6.45, 7) is 6.06. The van der Waals surface area contributed by atoms with Crippen LogP contribution in [0.25, 0.3) is 5.69 Å². The van der Waals surface area contributed by atoms with Crippen molar-refractivity contribution in [2.24, 2.45) is 0 Å². The van der Waals surface area contributed by atoms with Crippen LogP contribution in [0.5, 0.6) is 0 Å². The predicted molar refractivity (Wildman–Crippen MR) is 117 cm³/mol. The Morgan fingerprint density at radius 2 is 1.87 bits per heavy atom. The normalized spacial score (nSPS) is 14.3. The molecule has 0 radical (unpaired) electrons. The SMILES string of the molecule is CCOC(=O)c1nn(-c2ccccc2)c2c1CN(S(=O)(=O)c1ccc(C)cc1C)CC2. The second-order valence-electron chi connectivity index (χ2n) is 7.60. The Bertz CT molecular complexity index is 1230. The standard InChI is InChI=1S/C23H25N3O4S/c1-4-30-23(27)22-19-15-25(31(28,29)21-11-10-16(2)14-17(21)3)13-12-20(19)26(24-22)18-8-6-5-7-9-18/h5-11,14H,4,12-13,15H2,1-3H3. The van der Waals surface area contributed by atoms with Crippen molar-refractivity contribution in [3.05, 3.63) is 76.6 Å². The first-order valence-corrected chi connectivity index (χ1v) is 11.7. The van der Waals surface area contributed by atoms with Crippen molar-refractivity contribution < 1.29 is 17.9 Å². The number of fused-ring (bicyclic) bond motifs is 1. The maximum absolute atomic E-state index is 13.4. The highest BCUT2D eigenvalue weighted by Gasteiger charge is 2.35. The Kier molecular flexibility index (Phi) is 5.68. The lowest BCUT2D eigenvalue weighted by Crippen LogP contribution is -2.37. The second kappa shape index (κ2) is 8.28. The van der Waals surface area contributed by atoms with E-state index in [1.54, 1.807) is 30.7 Å². The second-order valence-corrected chi connectivity index (χ2v) is 9.51. The maximum Gasteiger partial charge on any atom is 0.359 e. The van der Waals surface area contributed by atoms with Crippen LogP contribution >= 0.6 is 0 Å². The molecule has 7 nitrogen and oxygen atoms in total. The van der Waals surface area contributed by atoms with Gasteiger partial charge in [-0.25, -0.2) is 17.9 Å². The zero-order chi connectivity index (χ0) is 22.2. The molecule has 1 aromatic heterocycles. The molecular weight excluding hydrogens is 414 g/mol. The molecular formula is C23H25N3O4S. The van der Waals surface area contributed by atoms with Gasteiger partial charge < -0.3 is 4.74 Å². The van der Waals surface area contributed by atoms with E-state index in [1.165, 1.54) is 4.31 Å². The topological polar surface area (TPSA) is 81.5 Å². The average Bonchev–Trinajstić information content (AvgIpc) is 3.13. The van der Waals surface area contributed by atoms with Crippen LogP contribution in [0.2, 0.25) is 0 Å². The number of rotatable bonds is 5. The summed E-state index contributed by atoms with van der Waals surface area (Å²) in [5, 5.41) is 4.52. The third-order valence-electron chi connectivity index (χ3n) is 5.44. The summed E-state index contributed by atoms with van der Waals surface area (Å²) in [4.78, 5) is 12.9. The molecule has 0 aliphatic carbocycles. The van der Waals surface area contributed by atoms with Gasteiger partial charge in [0.15, 0.2) is 5.69 Å². The molecule has 8 heteroatoms. The number of hydrogen-bond acceptors (Lipinski definition) is 5. The van der Waals surface area contributed by atoms with Crippen LogP contribution in [0.3, 0.4) is 0 Å². The molecule has 1 aliphatic rings. The number of carbonyl (C=O) groups is 1. The highest BCUT2D eigenvalue weighted by molar-refractivity contribution is 7.89. The van der Waals surface area contributed by atoms with Crippen molar-refractivity contribution >= 4 is 16.0 Å². The van der Waals surface area contributed by atoms with Gasteiger partial charge in [-0.05, 0) is 44.5 Å². The van der Waals surface area contributed by atoms with Crippen LogP contribution < -0.4 is 0 Å². The first-order valence-electron chi connectivity index (χ1n) is 10.2. The van der Waals surface area contributed by atoms with E-state index in [0.29, 0.717) is 24.1 Å².